The highest BCUT2D eigenvalue weighted by Gasteiger charge is 2.24. The van der Waals surface area contributed by atoms with Crippen LogP contribution < -0.4 is 5.32 Å². The Balaban J connectivity index is 0.00000147. The lowest BCUT2D eigenvalue weighted by molar-refractivity contribution is -0.384. The van der Waals surface area contributed by atoms with Crippen LogP contribution >= 0.6 is 12.4 Å². The van der Waals surface area contributed by atoms with Crippen LogP contribution in [0.15, 0.2) is 23.4 Å². The lowest BCUT2D eigenvalue weighted by atomic mass is 10.3. The van der Waals surface area contributed by atoms with Crippen LogP contribution in [-0.4, -0.2) is 37.4 Å². The molecule has 9 heteroatoms. The third-order valence-electron chi connectivity index (χ3n) is 3.16. The number of nitrogens with zero attached hydrogens (tertiary/aromatic N) is 2. The van der Waals surface area contributed by atoms with Gasteiger partial charge in [-0.1, -0.05) is 0 Å². The lowest BCUT2D eigenvalue weighted by Crippen LogP contribution is -2.19. The maximum Gasteiger partial charge on any atom is 0.271 e. The van der Waals surface area contributed by atoms with Gasteiger partial charge >= 0.3 is 0 Å². The minimum Gasteiger partial charge on any atom is -0.331 e. The molecule has 1 fully saturated rings. The van der Waals surface area contributed by atoms with E-state index in [1.165, 1.54) is 12.1 Å². The summed E-state index contributed by atoms with van der Waals surface area (Å²) in [4.78, 5) is 17.4. The quantitative estimate of drug-likeness (QED) is 0.657. The van der Waals surface area contributed by atoms with Crippen LogP contribution in [0.4, 0.5) is 5.69 Å². The predicted octanol–water partition coefficient (Wildman–Crippen LogP) is 1.36. The van der Waals surface area contributed by atoms with E-state index in [9.17, 15) is 14.3 Å². The molecule has 20 heavy (non-hydrogen) atoms. The first kappa shape index (κ1) is 14.9. The van der Waals surface area contributed by atoms with E-state index in [2.05, 4.69) is 15.3 Å². The number of imidazole rings is 1. The number of benzene rings is 1. The highest BCUT2D eigenvalue weighted by Crippen LogP contribution is 2.21. The van der Waals surface area contributed by atoms with E-state index in [0.717, 1.165) is 13.0 Å². The van der Waals surface area contributed by atoms with E-state index in [1.807, 2.05) is 0 Å². The average Bonchev–Trinajstić information content (AvgIpc) is 3.06. The van der Waals surface area contributed by atoms with Crippen molar-refractivity contribution in [3.05, 3.63) is 28.3 Å². The van der Waals surface area contributed by atoms with Gasteiger partial charge in [0.15, 0.2) is 5.16 Å². The van der Waals surface area contributed by atoms with Crippen molar-refractivity contribution >= 4 is 39.9 Å². The summed E-state index contributed by atoms with van der Waals surface area (Å²) in [6.07, 6.45) is 0.851. The van der Waals surface area contributed by atoms with Crippen molar-refractivity contribution in [1.82, 2.24) is 15.3 Å². The standard InChI is InChI=1S/C11H12N4O3S.ClH/c16-15(17)7-1-2-9-10(5-7)14-11(13-9)19(18)8-3-4-12-6-8;/h1-2,5,8,12H,3-4,6H2,(H,13,14);1H/t8-,19?;/m0./s1. The second kappa shape index (κ2) is 5.86. The molecule has 108 valence electrons. The van der Waals surface area contributed by atoms with Crippen molar-refractivity contribution in [3.63, 3.8) is 0 Å². The molecule has 3 rings (SSSR count). The zero-order valence-corrected chi connectivity index (χ0v) is 12.0. The molecule has 1 unspecified atom stereocenters. The first-order chi connectivity index (χ1) is 9.15. The van der Waals surface area contributed by atoms with Crippen molar-refractivity contribution in [2.24, 2.45) is 0 Å². The molecule has 1 aliphatic heterocycles. The number of nitro benzene ring substituents is 1. The van der Waals surface area contributed by atoms with Crippen LogP contribution in [0.3, 0.4) is 0 Å². The number of aromatic nitrogens is 2. The second-order valence-electron chi connectivity index (χ2n) is 4.41. The number of nitro groups is 1. The van der Waals surface area contributed by atoms with E-state index < -0.39 is 15.7 Å². The third-order valence-corrected chi connectivity index (χ3v) is 4.75. The maximum atomic E-state index is 12.3. The molecule has 0 bridgehead atoms. The number of halogens is 1. The molecule has 1 aliphatic rings. The van der Waals surface area contributed by atoms with Gasteiger partial charge in [0.05, 0.1) is 32.0 Å². The van der Waals surface area contributed by atoms with Crippen LogP contribution in [0.25, 0.3) is 11.0 Å². The number of aromatic amines is 1. The number of hydrogen-bond acceptors (Lipinski definition) is 5. The molecular formula is C11H13ClN4O3S. The highest BCUT2D eigenvalue weighted by atomic mass is 35.5. The summed E-state index contributed by atoms with van der Waals surface area (Å²) in [5.74, 6) is 0. The Morgan fingerprint density at radius 2 is 2.25 bits per heavy atom. The van der Waals surface area contributed by atoms with Crippen molar-refractivity contribution in [2.75, 3.05) is 13.1 Å². The first-order valence-corrected chi connectivity index (χ1v) is 7.12. The topological polar surface area (TPSA) is 101 Å². The van der Waals surface area contributed by atoms with Crippen LogP contribution in [0.5, 0.6) is 0 Å². The largest absolute Gasteiger partial charge is 0.331 e. The molecule has 1 aromatic heterocycles. The van der Waals surface area contributed by atoms with Gasteiger partial charge in [0, 0.05) is 18.7 Å². The summed E-state index contributed by atoms with van der Waals surface area (Å²) in [7, 11) is -1.21. The number of nitrogens with one attached hydrogen (secondary N) is 2. The van der Waals surface area contributed by atoms with Crippen LogP contribution in [0, 0.1) is 10.1 Å². The Kier molecular flexibility index (Phi) is 4.36. The summed E-state index contributed by atoms with van der Waals surface area (Å²) in [5.41, 5.74) is 1.14. The normalized spacial score (nSPS) is 19.7. The first-order valence-electron chi connectivity index (χ1n) is 5.90. The van der Waals surface area contributed by atoms with Gasteiger partial charge in [-0.05, 0) is 19.0 Å². The Morgan fingerprint density at radius 1 is 1.45 bits per heavy atom. The third kappa shape index (κ3) is 2.67. The number of fused-ring (bicyclic) bond motifs is 1. The van der Waals surface area contributed by atoms with Gasteiger partial charge in [0.2, 0.25) is 0 Å². The zero-order chi connectivity index (χ0) is 13.4. The van der Waals surface area contributed by atoms with Crippen LogP contribution in [-0.2, 0) is 10.8 Å². The lowest BCUT2D eigenvalue weighted by Gasteiger charge is -2.04. The maximum absolute atomic E-state index is 12.3. The van der Waals surface area contributed by atoms with Crippen LogP contribution in [0.2, 0.25) is 0 Å². The molecule has 0 radical (unpaired) electrons. The second-order valence-corrected chi connectivity index (χ2v) is 6.06. The highest BCUT2D eigenvalue weighted by molar-refractivity contribution is 7.85. The summed E-state index contributed by atoms with van der Waals surface area (Å²) in [5, 5.41) is 14.3. The molecule has 0 saturated carbocycles. The Bertz CT molecular complexity index is 669. The number of hydrogen-bond donors (Lipinski definition) is 2. The number of rotatable bonds is 3. The average molecular weight is 317 g/mol. The minimum absolute atomic E-state index is 0. The fourth-order valence-electron chi connectivity index (χ4n) is 2.15. The van der Waals surface area contributed by atoms with Crippen molar-refractivity contribution in [1.29, 1.82) is 0 Å². The fraction of sp³-hybridized carbons (Fsp3) is 0.364. The minimum atomic E-state index is -1.21. The van der Waals surface area contributed by atoms with Gasteiger partial charge < -0.3 is 10.3 Å². The van der Waals surface area contributed by atoms with Crippen molar-refractivity contribution in [2.45, 2.75) is 16.8 Å². The van der Waals surface area contributed by atoms with Gasteiger partial charge in [0.25, 0.3) is 5.69 Å². The molecule has 1 aromatic carbocycles. The van der Waals surface area contributed by atoms with Crippen molar-refractivity contribution in [3.8, 4) is 0 Å². The molecule has 2 N–H and O–H groups in total. The van der Waals surface area contributed by atoms with Gasteiger partial charge in [-0.15, -0.1) is 12.4 Å². The van der Waals surface area contributed by atoms with Crippen molar-refractivity contribution < 1.29 is 9.13 Å². The van der Waals surface area contributed by atoms with E-state index in [0.29, 0.717) is 22.7 Å². The van der Waals surface area contributed by atoms with Gasteiger partial charge in [-0.2, -0.15) is 0 Å². The molecule has 0 amide bonds. The molecule has 2 atom stereocenters. The summed E-state index contributed by atoms with van der Waals surface area (Å²) >= 11 is 0. The summed E-state index contributed by atoms with van der Waals surface area (Å²) in [6, 6.07) is 4.38. The molecule has 0 spiro atoms. The molecule has 0 aliphatic carbocycles. The van der Waals surface area contributed by atoms with E-state index in [-0.39, 0.29) is 23.3 Å². The van der Waals surface area contributed by atoms with E-state index in [4.69, 9.17) is 0 Å². The van der Waals surface area contributed by atoms with Gasteiger partial charge in [-0.3, -0.25) is 14.3 Å². The molecule has 2 heterocycles. The fourth-order valence-corrected chi connectivity index (χ4v) is 3.47. The number of H-pyrrole nitrogens is 1. The Hall–Kier alpha value is -1.51. The molecule has 1 saturated heterocycles. The smallest absolute Gasteiger partial charge is 0.271 e. The monoisotopic (exact) mass is 316 g/mol. The Labute approximate surface area is 123 Å². The van der Waals surface area contributed by atoms with E-state index in [1.54, 1.807) is 6.07 Å². The molecule has 2 aromatic rings. The SMILES string of the molecule is Cl.O=[N+]([O-])c1ccc2nc(S(=O)[C@H]3CCNC3)[nH]c2c1. The molecule has 7 nitrogen and oxygen atoms in total. The zero-order valence-electron chi connectivity index (χ0n) is 10.4. The van der Waals surface area contributed by atoms with Gasteiger partial charge in [-0.25, -0.2) is 4.98 Å². The van der Waals surface area contributed by atoms with E-state index >= 15 is 0 Å². The summed E-state index contributed by atoms with van der Waals surface area (Å²) < 4.78 is 12.3. The number of non-ortho nitro benzene ring substituents is 1. The molecular weight excluding hydrogens is 304 g/mol. The summed E-state index contributed by atoms with van der Waals surface area (Å²) in [6.45, 7) is 1.58. The Morgan fingerprint density at radius 3 is 2.90 bits per heavy atom. The van der Waals surface area contributed by atoms with Crippen LogP contribution in [0.1, 0.15) is 6.42 Å². The predicted molar refractivity (Wildman–Crippen MR) is 77.7 cm³/mol. The van der Waals surface area contributed by atoms with Gasteiger partial charge in [0.1, 0.15) is 0 Å².